The predicted octanol–water partition coefficient (Wildman–Crippen LogP) is 2.90. The molecule has 1 aromatic heterocycles. The van der Waals surface area contributed by atoms with E-state index in [1.54, 1.807) is 6.92 Å². The van der Waals surface area contributed by atoms with E-state index in [9.17, 15) is 20.1 Å². The summed E-state index contributed by atoms with van der Waals surface area (Å²) in [5, 5.41) is 29.6. The fraction of sp³-hybridized carbons (Fsp3) is 0.167. The first-order chi connectivity index (χ1) is 11.9. The zero-order valence-corrected chi connectivity index (χ0v) is 13.8. The lowest BCUT2D eigenvalue weighted by Gasteiger charge is -2.13. The van der Waals surface area contributed by atoms with Crippen LogP contribution < -0.4 is 14.9 Å². The highest BCUT2D eigenvalue weighted by Gasteiger charge is 2.19. The van der Waals surface area contributed by atoms with Gasteiger partial charge in [0.2, 0.25) is 5.75 Å². The molecule has 0 aliphatic heterocycles. The van der Waals surface area contributed by atoms with Crippen molar-refractivity contribution in [1.29, 1.82) is 0 Å². The molecule has 2 aromatic carbocycles. The molecule has 0 fully saturated rings. The molecule has 0 amide bonds. The summed E-state index contributed by atoms with van der Waals surface area (Å²) in [6.45, 7) is 1.55. The molecule has 0 saturated heterocycles. The molecule has 0 atom stereocenters. The van der Waals surface area contributed by atoms with Gasteiger partial charge in [-0.3, -0.25) is 4.79 Å². The number of fused-ring (bicyclic) bond motifs is 1. The molecule has 0 saturated carbocycles. The molecule has 25 heavy (non-hydrogen) atoms. The highest BCUT2D eigenvalue weighted by molar-refractivity contribution is 5.87. The Morgan fingerprint density at radius 3 is 2.12 bits per heavy atom. The molecule has 7 nitrogen and oxygen atoms in total. The minimum absolute atomic E-state index is 0.0169. The van der Waals surface area contributed by atoms with Gasteiger partial charge < -0.3 is 29.2 Å². The summed E-state index contributed by atoms with van der Waals surface area (Å²) in [7, 11) is 2.77. The van der Waals surface area contributed by atoms with E-state index in [1.165, 1.54) is 32.4 Å². The largest absolute Gasteiger partial charge is 0.508 e. The summed E-state index contributed by atoms with van der Waals surface area (Å²) in [6.07, 6.45) is 0. The summed E-state index contributed by atoms with van der Waals surface area (Å²) in [4.78, 5) is 12.6. The zero-order valence-electron chi connectivity index (χ0n) is 13.8. The lowest BCUT2D eigenvalue weighted by atomic mass is 10.0. The van der Waals surface area contributed by atoms with Crippen molar-refractivity contribution in [1.82, 2.24) is 0 Å². The molecule has 0 radical (unpaired) electrons. The van der Waals surface area contributed by atoms with E-state index in [1.807, 2.05) is 0 Å². The van der Waals surface area contributed by atoms with Crippen molar-refractivity contribution in [3.05, 3.63) is 40.1 Å². The minimum Gasteiger partial charge on any atom is -0.508 e. The van der Waals surface area contributed by atoms with E-state index in [0.717, 1.165) is 6.07 Å². The third kappa shape index (κ3) is 2.59. The van der Waals surface area contributed by atoms with Gasteiger partial charge in [-0.2, -0.15) is 0 Å². The average molecular weight is 344 g/mol. The van der Waals surface area contributed by atoms with Crippen molar-refractivity contribution in [2.75, 3.05) is 14.2 Å². The first-order valence-electron chi connectivity index (χ1n) is 7.32. The number of phenolic OH excluding ortho intramolecular Hbond substituents is 3. The molecule has 0 aliphatic rings. The number of hydrogen-bond acceptors (Lipinski definition) is 7. The SMILES string of the molecule is COc1cc(-c2oc3cc(O)cc(O)c3c(=O)c2C)cc(OC)c1O. The number of benzene rings is 2. The van der Waals surface area contributed by atoms with Crippen LogP contribution in [0.25, 0.3) is 22.3 Å². The maximum Gasteiger partial charge on any atom is 0.200 e. The Bertz CT molecular complexity index is 1010. The Labute approximate surface area is 142 Å². The summed E-state index contributed by atoms with van der Waals surface area (Å²) in [5.74, 6) is -0.266. The topological polar surface area (TPSA) is 109 Å². The lowest BCUT2D eigenvalue weighted by molar-refractivity contribution is 0.340. The van der Waals surface area contributed by atoms with Gasteiger partial charge in [0.1, 0.15) is 28.2 Å². The van der Waals surface area contributed by atoms with Crippen LogP contribution in [0.2, 0.25) is 0 Å². The Hall–Kier alpha value is -3.35. The van der Waals surface area contributed by atoms with Crippen LogP contribution in [0, 0.1) is 6.92 Å². The van der Waals surface area contributed by atoms with E-state index in [0.29, 0.717) is 5.56 Å². The number of methoxy groups -OCH3 is 2. The number of ether oxygens (including phenoxy) is 2. The Balaban J connectivity index is 2.37. The van der Waals surface area contributed by atoms with Crippen LogP contribution >= 0.6 is 0 Å². The van der Waals surface area contributed by atoms with Gasteiger partial charge in [0.15, 0.2) is 16.9 Å². The Morgan fingerprint density at radius 1 is 0.960 bits per heavy atom. The maximum atomic E-state index is 12.6. The Morgan fingerprint density at radius 2 is 1.56 bits per heavy atom. The van der Waals surface area contributed by atoms with Crippen LogP contribution in [0.15, 0.2) is 33.5 Å². The maximum absolute atomic E-state index is 12.6. The molecule has 0 bridgehead atoms. The number of rotatable bonds is 3. The summed E-state index contributed by atoms with van der Waals surface area (Å²) in [6, 6.07) is 5.31. The molecule has 7 heteroatoms. The predicted molar refractivity (Wildman–Crippen MR) is 90.8 cm³/mol. The van der Waals surface area contributed by atoms with E-state index < -0.39 is 5.43 Å². The van der Waals surface area contributed by atoms with Gasteiger partial charge in [-0.05, 0) is 19.1 Å². The third-order valence-corrected chi connectivity index (χ3v) is 3.93. The monoisotopic (exact) mass is 344 g/mol. The van der Waals surface area contributed by atoms with Gasteiger partial charge in [-0.25, -0.2) is 0 Å². The van der Waals surface area contributed by atoms with E-state index in [4.69, 9.17) is 13.9 Å². The third-order valence-electron chi connectivity index (χ3n) is 3.93. The van der Waals surface area contributed by atoms with Gasteiger partial charge in [-0.1, -0.05) is 0 Å². The molecular weight excluding hydrogens is 328 g/mol. The smallest absolute Gasteiger partial charge is 0.200 e. The highest BCUT2D eigenvalue weighted by atomic mass is 16.5. The number of hydrogen-bond donors (Lipinski definition) is 3. The van der Waals surface area contributed by atoms with E-state index in [2.05, 4.69) is 0 Å². The highest BCUT2D eigenvalue weighted by Crippen LogP contribution is 2.41. The number of phenols is 3. The second kappa shape index (κ2) is 5.94. The summed E-state index contributed by atoms with van der Waals surface area (Å²) < 4.78 is 16.0. The summed E-state index contributed by atoms with van der Waals surface area (Å²) >= 11 is 0. The molecule has 1 heterocycles. The first kappa shape index (κ1) is 16.5. The van der Waals surface area contributed by atoms with Crippen molar-refractivity contribution in [3.8, 4) is 40.1 Å². The molecule has 0 aliphatic carbocycles. The van der Waals surface area contributed by atoms with Crippen LogP contribution in [-0.4, -0.2) is 29.5 Å². The van der Waals surface area contributed by atoms with Gasteiger partial charge >= 0.3 is 0 Å². The standard InChI is InChI=1S/C18H16O7/c1-8-16(21)15-11(20)6-10(19)7-12(15)25-18(8)9-4-13(23-2)17(22)14(5-9)24-3/h4-7,19-20,22H,1-3H3. The van der Waals surface area contributed by atoms with Crippen LogP contribution in [0.5, 0.6) is 28.7 Å². The van der Waals surface area contributed by atoms with Crippen LogP contribution in [0.1, 0.15) is 5.56 Å². The second-order valence-electron chi connectivity index (χ2n) is 5.45. The molecule has 3 aromatic rings. The zero-order chi connectivity index (χ0) is 18.3. The van der Waals surface area contributed by atoms with Crippen molar-refractivity contribution in [2.45, 2.75) is 6.92 Å². The van der Waals surface area contributed by atoms with Crippen LogP contribution in [0.3, 0.4) is 0 Å². The molecule has 3 rings (SSSR count). The quantitative estimate of drug-likeness (QED) is 0.670. The average Bonchev–Trinajstić information content (AvgIpc) is 2.57. The van der Waals surface area contributed by atoms with E-state index in [-0.39, 0.29) is 51.0 Å². The molecule has 3 N–H and O–H groups in total. The van der Waals surface area contributed by atoms with E-state index >= 15 is 0 Å². The minimum atomic E-state index is -0.431. The normalized spacial score (nSPS) is 10.8. The van der Waals surface area contributed by atoms with Crippen molar-refractivity contribution < 1.29 is 29.2 Å². The van der Waals surface area contributed by atoms with Crippen molar-refractivity contribution >= 4 is 11.0 Å². The fourth-order valence-corrected chi connectivity index (χ4v) is 2.67. The van der Waals surface area contributed by atoms with Gasteiger partial charge in [0.05, 0.1) is 14.2 Å². The molecule has 0 unspecified atom stereocenters. The second-order valence-corrected chi connectivity index (χ2v) is 5.45. The van der Waals surface area contributed by atoms with Crippen LogP contribution in [-0.2, 0) is 0 Å². The lowest BCUT2D eigenvalue weighted by Crippen LogP contribution is -2.07. The van der Waals surface area contributed by atoms with Gasteiger partial charge in [0, 0.05) is 23.3 Å². The van der Waals surface area contributed by atoms with Gasteiger partial charge in [-0.15, -0.1) is 0 Å². The number of aromatic hydroxyl groups is 3. The molecule has 0 spiro atoms. The first-order valence-corrected chi connectivity index (χ1v) is 7.32. The fourth-order valence-electron chi connectivity index (χ4n) is 2.67. The Kier molecular flexibility index (Phi) is 3.92. The van der Waals surface area contributed by atoms with Crippen molar-refractivity contribution in [2.24, 2.45) is 0 Å². The van der Waals surface area contributed by atoms with Gasteiger partial charge in [0.25, 0.3) is 0 Å². The van der Waals surface area contributed by atoms with Crippen LogP contribution in [0.4, 0.5) is 0 Å². The molecule has 130 valence electrons. The summed E-state index contributed by atoms with van der Waals surface area (Å²) in [5.41, 5.74) is 0.294. The molecular formula is C18H16O7. The van der Waals surface area contributed by atoms with Crippen molar-refractivity contribution in [3.63, 3.8) is 0 Å².